The van der Waals surface area contributed by atoms with Crippen LogP contribution in [0.2, 0.25) is 0 Å². The number of ether oxygens (including phenoxy) is 1. The number of furan rings is 1. The van der Waals surface area contributed by atoms with Crippen LogP contribution in [0.3, 0.4) is 0 Å². The van der Waals surface area contributed by atoms with Crippen LogP contribution < -0.4 is 5.32 Å². The summed E-state index contributed by atoms with van der Waals surface area (Å²) in [5.74, 6) is 1.71. The van der Waals surface area contributed by atoms with Crippen molar-refractivity contribution in [1.29, 1.82) is 0 Å². The summed E-state index contributed by atoms with van der Waals surface area (Å²) in [6.07, 6.45) is 4.14. The summed E-state index contributed by atoms with van der Waals surface area (Å²) in [6, 6.07) is 3.99. The lowest BCUT2D eigenvalue weighted by molar-refractivity contribution is -0.0245. The van der Waals surface area contributed by atoms with Crippen molar-refractivity contribution in [3.63, 3.8) is 0 Å². The van der Waals surface area contributed by atoms with Gasteiger partial charge in [0.2, 0.25) is 0 Å². The standard InChI is InChI=1S/C17H30N2O2/c1-15(2)10-18-12-17(7-5-8-20-14-17)13-19(3)11-16-6-4-9-21-16/h4,6,9,15,18H,5,7-8,10-14H2,1-3H3. The van der Waals surface area contributed by atoms with Gasteiger partial charge in [0, 0.05) is 25.1 Å². The van der Waals surface area contributed by atoms with Crippen molar-refractivity contribution in [1.82, 2.24) is 10.2 Å². The zero-order valence-corrected chi connectivity index (χ0v) is 13.7. The van der Waals surface area contributed by atoms with E-state index >= 15 is 0 Å². The fourth-order valence-corrected chi connectivity index (χ4v) is 3.15. The number of nitrogens with zero attached hydrogens (tertiary/aromatic N) is 1. The number of hydrogen-bond donors (Lipinski definition) is 1. The molecule has 1 aliphatic rings. The van der Waals surface area contributed by atoms with Crippen molar-refractivity contribution in [2.24, 2.45) is 11.3 Å². The van der Waals surface area contributed by atoms with Gasteiger partial charge in [-0.1, -0.05) is 13.8 Å². The van der Waals surface area contributed by atoms with Crippen molar-refractivity contribution in [2.45, 2.75) is 33.2 Å². The third-order valence-corrected chi connectivity index (χ3v) is 4.07. The second-order valence-corrected chi connectivity index (χ2v) is 6.93. The van der Waals surface area contributed by atoms with E-state index in [0.717, 1.165) is 51.6 Å². The van der Waals surface area contributed by atoms with Gasteiger partial charge in [0.25, 0.3) is 0 Å². The molecule has 1 fully saturated rings. The Morgan fingerprint density at radius 3 is 2.90 bits per heavy atom. The minimum atomic E-state index is 0.231. The smallest absolute Gasteiger partial charge is 0.117 e. The van der Waals surface area contributed by atoms with E-state index in [4.69, 9.17) is 9.15 Å². The van der Waals surface area contributed by atoms with Gasteiger partial charge in [-0.15, -0.1) is 0 Å². The lowest BCUT2D eigenvalue weighted by Crippen LogP contribution is -2.48. The van der Waals surface area contributed by atoms with Crippen LogP contribution in [-0.4, -0.2) is 44.8 Å². The molecule has 0 aromatic carbocycles. The molecule has 0 spiro atoms. The topological polar surface area (TPSA) is 37.6 Å². The Kier molecular flexibility index (Phi) is 6.27. The third kappa shape index (κ3) is 5.46. The number of hydrogen-bond acceptors (Lipinski definition) is 4. The molecular formula is C17H30N2O2. The SMILES string of the molecule is CC(C)CNCC1(CN(C)Cc2ccco2)CCCOC1. The summed E-state index contributed by atoms with van der Waals surface area (Å²) >= 11 is 0. The molecular weight excluding hydrogens is 264 g/mol. The van der Waals surface area contributed by atoms with E-state index in [1.807, 2.05) is 12.1 Å². The van der Waals surface area contributed by atoms with Crippen LogP contribution in [0.4, 0.5) is 0 Å². The van der Waals surface area contributed by atoms with Crippen LogP contribution in [0.1, 0.15) is 32.4 Å². The molecule has 1 N–H and O–H groups in total. The number of nitrogens with one attached hydrogen (secondary N) is 1. The van der Waals surface area contributed by atoms with Crippen LogP contribution in [0.5, 0.6) is 0 Å². The summed E-state index contributed by atoms with van der Waals surface area (Å²) in [6.45, 7) is 10.3. The largest absolute Gasteiger partial charge is 0.468 e. The molecule has 0 amide bonds. The average molecular weight is 294 g/mol. The van der Waals surface area contributed by atoms with E-state index in [1.54, 1.807) is 6.26 Å². The molecule has 1 aliphatic heterocycles. The lowest BCUT2D eigenvalue weighted by atomic mass is 9.81. The summed E-state index contributed by atoms with van der Waals surface area (Å²) in [5, 5.41) is 3.63. The summed E-state index contributed by atoms with van der Waals surface area (Å²) in [7, 11) is 2.17. The van der Waals surface area contributed by atoms with Crippen LogP contribution in [-0.2, 0) is 11.3 Å². The van der Waals surface area contributed by atoms with Gasteiger partial charge >= 0.3 is 0 Å². The third-order valence-electron chi connectivity index (χ3n) is 4.07. The molecule has 1 aromatic rings. The molecule has 2 heterocycles. The molecule has 0 radical (unpaired) electrons. The zero-order chi connectivity index (χ0) is 15.1. The Morgan fingerprint density at radius 2 is 2.29 bits per heavy atom. The van der Waals surface area contributed by atoms with E-state index in [-0.39, 0.29) is 5.41 Å². The first-order valence-electron chi connectivity index (χ1n) is 8.09. The van der Waals surface area contributed by atoms with Crippen molar-refractivity contribution < 1.29 is 9.15 Å². The first-order chi connectivity index (χ1) is 10.1. The lowest BCUT2D eigenvalue weighted by Gasteiger charge is -2.40. The monoisotopic (exact) mass is 294 g/mol. The predicted octanol–water partition coefficient (Wildman–Crippen LogP) is 2.75. The quantitative estimate of drug-likeness (QED) is 0.800. The van der Waals surface area contributed by atoms with E-state index < -0.39 is 0 Å². The molecule has 1 aromatic heterocycles. The van der Waals surface area contributed by atoms with E-state index in [9.17, 15) is 0 Å². The van der Waals surface area contributed by atoms with Gasteiger partial charge in [0.15, 0.2) is 0 Å². The summed E-state index contributed by atoms with van der Waals surface area (Å²) < 4.78 is 11.2. The van der Waals surface area contributed by atoms with Gasteiger partial charge in [-0.25, -0.2) is 0 Å². The second kappa shape index (κ2) is 7.97. The molecule has 1 saturated heterocycles. The molecule has 4 heteroatoms. The predicted molar refractivity (Wildman–Crippen MR) is 85.2 cm³/mol. The van der Waals surface area contributed by atoms with Gasteiger partial charge in [0.05, 0.1) is 19.4 Å². The van der Waals surface area contributed by atoms with Crippen LogP contribution in [0.25, 0.3) is 0 Å². The Bertz CT molecular complexity index is 384. The number of rotatable bonds is 8. The van der Waals surface area contributed by atoms with Gasteiger partial charge in [-0.2, -0.15) is 0 Å². The highest BCUT2D eigenvalue weighted by Crippen LogP contribution is 2.29. The summed E-state index contributed by atoms with van der Waals surface area (Å²) in [5.41, 5.74) is 0.231. The highest BCUT2D eigenvalue weighted by atomic mass is 16.5. The summed E-state index contributed by atoms with van der Waals surface area (Å²) in [4.78, 5) is 2.35. The first kappa shape index (κ1) is 16.5. The zero-order valence-electron chi connectivity index (χ0n) is 13.7. The minimum Gasteiger partial charge on any atom is -0.468 e. The molecule has 0 saturated carbocycles. The molecule has 21 heavy (non-hydrogen) atoms. The van der Waals surface area contributed by atoms with E-state index in [2.05, 4.69) is 31.1 Å². The first-order valence-corrected chi connectivity index (χ1v) is 8.09. The average Bonchev–Trinajstić information content (AvgIpc) is 2.91. The molecule has 0 aliphatic carbocycles. The molecule has 1 atom stereocenters. The van der Waals surface area contributed by atoms with E-state index in [0.29, 0.717) is 5.92 Å². The Balaban J connectivity index is 1.88. The molecule has 4 nitrogen and oxygen atoms in total. The molecule has 0 bridgehead atoms. The fraction of sp³-hybridized carbons (Fsp3) is 0.765. The van der Waals surface area contributed by atoms with Gasteiger partial charge in [0.1, 0.15) is 5.76 Å². The van der Waals surface area contributed by atoms with Gasteiger partial charge < -0.3 is 14.5 Å². The molecule has 120 valence electrons. The van der Waals surface area contributed by atoms with Crippen molar-refractivity contribution in [3.8, 4) is 0 Å². The molecule has 1 unspecified atom stereocenters. The van der Waals surface area contributed by atoms with E-state index in [1.165, 1.54) is 6.42 Å². The fourth-order valence-electron chi connectivity index (χ4n) is 3.15. The highest BCUT2D eigenvalue weighted by molar-refractivity contribution is 4.98. The second-order valence-electron chi connectivity index (χ2n) is 6.93. The Morgan fingerprint density at radius 1 is 1.43 bits per heavy atom. The van der Waals surface area contributed by atoms with Crippen molar-refractivity contribution in [3.05, 3.63) is 24.2 Å². The Labute approximate surface area is 128 Å². The maximum Gasteiger partial charge on any atom is 0.117 e. The maximum absolute atomic E-state index is 5.79. The van der Waals surface area contributed by atoms with Gasteiger partial charge in [-0.3, -0.25) is 4.90 Å². The van der Waals surface area contributed by atoms with Crippen LogP contribution in [0.15, 0.2) is 22.8 Å². The minimum absolute atomic E-state index is 0.231. The van der Waals surface area contributed by atoms with Crippen molar-refractivity contribution >= 4 is 0 Å². The van der Waals surface area contributed by atoms with Crippen LogP contribution in [0, 0.1) is 11.3 Å². The van der Waals surface area contributed by atoms with Gasteiger partial charge in [-0.05, 0) is 44.5 Å². The van der Waals surface area contributed by atoms with Crippen LogP contribution >= 0.6 is 0 Å². The molecule has 2 rings (SSSR count). The Hall–Kier alpha value is -0.840. The normalized spacial score (nSPS) is 23.1. The highest BCUT2D eigenvalue weighted by Gasteiger charge is 2.34. The van der Waals surface area contributed by atoms with Crippen molar-refractivity contribution in [2.75, 3.05) is 39.9 Å². The maximum atomic E-state index is 5.79.